The number of hydrogen-bond donors (Lipinski definition) is 4. The Bertz CT molecular complexity index is 388. The fraction of sp³-hybridized carbons (Fsp3) is 0.857. The SMILES string of the molecule is CC(C1NCCO1)(C1NCCO1)C(CCCC(=O)O)C(=O)O. The Morgan fingerprint density at radius 3 is 2.09 bits per heavy atom. The van der Waals surface area contributed by atoms with Gasteiger partial charge in [-0.25, -0.2) is 0 Å². The average Bonchev–Trinajstić information content (AvgIpc) is 3.14. The Balaban J connectivity index is 2.18. The highest BCUT2D eigenvalue weighted by molar-refractivity contribution is 5.71. The summed E-state index contributed by atoms with van der Waals surface area (Å²) in [5.74, 6) is -2.64. The van der Waals surface area contributed by atoms with E-state index < -0.39 is 35.7 Å². The third kappa shape index (κ3) is 3.57. The van der Waals surface area contributed by atoms with Gasteiger partial charge < -0.3 is 19.7 Å². The molecule has 3 unspecified atom stereocenters. The van der Waals surface area contributed by atoms with Crippen molar-refractivity contribution in [1.29, 1.82) is 0 Å². The van der Waals surface area contributed by atoms with Gasteiger partial charge in [0.2, 0.25) is 0 Å². The van der Waals surface area contributed by atoms with Gasteiger partial charge in [-0.3, -0.25) is 20.2 Å². The molecule has 0 spiro atoms. The van der Waals surface area contributed by atoms with Crippen molar-refractivity contribution in [1.82, 2.24) is 10.6 Å². The normalized spacial score (nSPS) is 29.1. The van der Waals surface area contributed by atoms with Gasteiger partial charge in [0.1, 0.15) is 12.5 Å². The lowest BCUT2D eigenvalue weighted by Gasteiger charge is -2.43. The maximum absolute atomic E-state index is 11.8. The number of aliphatic carboxylic acids is 2. The van der Waals surface area contributed by atoms with Crippen LogP contribution in [0.4, 0.5) is 0 Å². The van der Waals surface area contributed by atoms with Gasteiger partial charge in [0.25, 0.3) is 0 Å². The molecule has 0 bridgehead atoms. The Hall–Kier alpha value is -1.22. The van der Waals surface area contributed by atoms with E-state index in [2.05, 4.69) is 10.6 Å². The zero-order valence-electron chi connectivity index (χ0n) is 12.7. The standard InChI is InChI=1S/C14H24N2O6/c1-14(12-15-5-7-21-12,13-16-6-8-22-13)9(11(19)20)3-2-4-10(17)18/h9,12-13,15-16H,2-8H2,1H3,(H,17,18)(H,19,20). The van der Waals surface area contributed by atoms with E-state index in [0.717, 1.165) is 0 Å². The maximum Gasteiger partial charge on any atom is 0.307 e. The molecule has 0 aromatic rings. The van der Waals surface area contributed by atoms with Crippen molar-refractivity contribution in [2.24, 2.45) is 11.3 Å². The smallest absolute Gasteiger partial charge is 0.307 e. The van der Waals surface area contributed by atoms with Gasteiger partial charge >= 0.3 is 11.9 Å². The first kappa shape index (κ1) is 17.1. The van der Waals surface area contributed by atoms with E-state index in [-0.39, 0.29) is 12.8 Å². The van der Waals surface area contributed by atoms with E-state index in [1.54, 1.807) is 0 Å². The average molecular weight is 316 g/mol. The first-order chi connectivity index (χ1) is 10.5. The number of nitrogens with one attached hydrogen (secondary N) is 2. The van der Waals surface area contributed by atoms with Crippen LogP contribution in [-0.4, -0.2) is 60.9 Å². The quantitative estimate of drug-likeness (QED) is 0.488. The lowest BCUT2D eigenvalue weighted by Crippen LogP contribution is -2.58. The van der Waals surface area contributed by atoms with Crippen LogP contribution in [0.25, 0.3) is 0 Å². The van der Waals surface area contributed by atoms with E-state index >= 15 is 0 Å². The lowest BCUT2D eigenvalue weighted by molar-refractivity contribution is -0.167. The molecule has 0 aromatic heterocycles. The van der Waals surface area contributed by atoms with Gasteiger partial charge in [0.05, 0.1) is 24.5 Å². The first-order valence-corrected chi connectivity index (χ1v) is 7.61. The molecule has 8 heteroatoms. The summed E-state index contributed by atoms with van der Waals surface area (Å²) in [6.45, 7) is 4.20. The predicted molar refractivity (Wildman–Crippen MR) is 76.2 cm³/mol. The molecule has 3 atom stereocenters. The van der Waals surface area contributed by atoms with Crippen molar-refractivity contribution in [3.05, 3.63) is 0 Å². The van der Waals surface area contributed by atoms with E-state index in [1.165, 1.54) is 0 Å². The summed E-state index contributed by atoms with van der Waals surface area (Å²) in [4.78, 5) is 22.5. The number of carboxylic acid groups (broad SMARTS) is 2. The van der Waals surface area contributed by atoms with Crippen molar-refractivity contribution in [3.8, 4) is 0 Å². The molecule has 0 amide bonds. The fourth-order valence-corrected chi connectivity index (χ4v) is 3.31. The fourth-order valence-electron chi connectivity index (χ4n) is 3.31. The molecule has 2 saturated heterocycles. The molecule has 4 N–H and O–H groups in total. The molecule has 126 valence electrons. The third-order valence-corrected chi connectivity index (χ3v) is 4.49. The Kier molecular flexibility index (Phi) is 5.74. The second-order valence-electron chi connectivity index (χ2n) is 5.95. The summed E-state index contributed by atoms with van der Waals surface area (Å²) in [7, 11) is 0. The zero-order valence-corrected chi connectivity index (χ0v) is 12.7. The van der Waals surface area contributed by atoms with Gasteiger partial charge in [-0.15, -0.1) is 0 Å². The van der Waals surface area contributed by atoms with Crippen LogP contribution in [0.2, 0.25) is 0 Å². The monoisotopic (exact) mass is 316 g/mol. The van der Waals surface area contributed by atoms with Crippen LogP contribution < -0.4 is 10.6 Å². The van der Waals surface area contributed by atoms with Gasteiger partial charge in [0, 0.05) is 19.5 Å². The summed E-state index contributed by atoms with van der Waals surface area (Å²) in [6.07, 6.45) is -0.344. The minimum atomic E-state index is -0.956. The van der Waals surface area contributed by atoms with Crippen LogP contribution in [0.3, 0.4) is 0 Å². The van der Waals surface area contributed by atoms with Gasteiger partial charge in [-0.05, 0) is 12.8 Å². The lowest BCUT2D eigenvalue weighted by atomic mass is 9.71. The highest BCUT2D eigenvalue weighted by Crippen LogP contribution is 2.41. The number of carboxylic acids is 2. The second-order valence-corrected chi connectivity index (χ2v) is 5.95. The van der Waals surface area contributed by atoms with Gasteiger partial charge in [-0.1, -0.05) is 6.92 Å². The molecule has 2 heterocycles. The Morgan fingerprint density at radius 1 is 1.18 bits per heavy atom. The molecule has 0 aliphatic carbocycles. The molecule has 0 radical (unpaired) electrons. The summed E-state index contributed by atoms with van der Waals surface area (Å²) in [5, 5.41) is 24.8. The summed E-state index contributed by atoms with van der Waals surface area (Å²) in [5.41, 5.74) is -0.822. The van der Waals surface area contributed by atoms with Crippen molar-refractivity contribution < 1.29 is 29.3 Å². The van der Waals surface area contributed by atoms with Crippen molar-refractivity contribution >= 4 is 11.9 Å². The molecular formula is C14H24N2O6. The number of ether oxygens (including phenoxy) is 2. The molecule has 2 aliphatic rings. The molecule has 22 heavy (non-hydrogen) atoms. The summed E-state index contributed by atoms with van der Waals surface area (Å²) in [6, 6.07) is 0. The van der Waals surface area contributed by atoms with Gasteiger partial charge in [-0.2, -0.15) is 0 Å². The molecule has 8 nitrogen and oxygen atoms in total. The van der Waals surface area contributed by atoms with Gasteiger partial charge in [0.15, 0.2) is 0 Å². The third-order valence-electron chi connectivity index (χ3n) is 4.49. The molecule has 0 saturated carbocycles. The molecular weight excluding hydrogens is 292 g/mol. The Morgan fingerprint density at radius 2 is 1.73 bits per heavy atom. The summed E-state index contributed by atoms with van der Waals surface area (Å²) < 4.78 is 11.4. The second kappa shape index (κ2) is 7.36. The van der Waals surface area contributed by atoms with Crippen LogP contribution in [0.1, 0.15) is 26.2 Å². The van der Waals surface area contributed by atoms with Crippen LogP contribution in [0.15, 0.2) is 0 Å². The molecule has 0 aromatic carbocycles. The van der Waals surface area contributed by atoms with Crippen LogP contribution in [-0.2, 0) is 19.1 Å². The summed E-state index contributed by atoms with van der Waals surface area (Å²) >= 11 is 0. The Labute approximate surface area is 129 Å². The molecule has 2 fully saturated rings. The highest BCUT2D eigenvalue weighted by atomic mass is 16.5. The van der Waals surface area contributed by atoms with Crippen LogP contribution in [0.5, 0.6) is 0 Å². The van der Waals surface area contributed by atoms with Crippen molar-refractivity contribution in [2.45, 2.75) is 38.6 Å². The first-order valence-electron chi connectivity index (χ1n) is 7.61. The topological polar surface area (TPSA) is 117 Å². The van der Waals surface area contributed by atoms with Crippen LogP contribution >= 0.6 is 0 Å². The van der Waals surface area contributed by atoms with E-state index in [0.29, 0.717) is 32.7 Å². The molecule has 2 aliphatic heterocycles. The van der Waals surface area contributed by atoms with Crippen molar-refractivity contribution in [2.75, 3.05) is 26.3 Å². The number of rotatable bonds is 8. The highest BCUT2D eigenvalue weighted by Gasteiger charge is 2.53. The zero-order chi connectivity index (χ0) is 16.2. The van der Waals surface area contributed by atoms with E-state index in [4.69, 9.17) is 14.6 Å². The van der Waals surface area contributed by atoms with E-state index in [1.807, 2.05) is 6.92 Å². The minimum absolute atomic E-state index is 0.0439. The largest absolute Gasteiger partial charge is 0.481 e. The number of hydrogen-bond acceptors (Lipinski definition) is 6. The van der Waals surface area contributed by atoms with Crippen molar-refractivity contribution in [3.63, 3.8) is 0 Å². The predicted octanol–water partition coefficient (Wildman–Crippen LogP) is -0.160. The molecule has 2 rings (SSSR count). The number of carbonyl (C=O) groups is 2. The van der Waals surface area contributed by atoms with E-state index in [9.17, 15) is 14.7 Å². The van der Waals surface area contributed by atoms with Crippen LogP contribution in [0, 0.1) is 11.3 Å². The minimum Gasteiger partial charge on any atom is -0.481 e. The maximum atomic E-state index is 11.8.